The van der Waals surface area contributed by atoms with E-state index in [0.29, 0.717) is 0 Å². The molecule has 4 aromatic rings. The summed E-state index contributed by atoms with van der Waals surface area (Å²) in [5, 5.41) is 5.04. The van der Waals surface area contributed by atoms with Gasteiger partial charge in [-0.15, -0.1) is 0 Å². The van der Waals surface area contributed by atoms with E-state index >= 15 is 0 Å². The highest BCUT2D eigenvalue weighted by molar-refractivity contribution is 6.07. The maximum absolute atomic E-state index is 6.72. The first-order chi connectivity index (χ1) is 13.3. The zero-order valence-electron chi connectivity index (χ0n) is 17.5. The van der Waals surface area contributed by atoms with Crippen LogP contribution in [0.3, 0.4) is 0 Å². The molecule has 0 fully saturated rings. The predicted octanol–water partition coefficient (Wildman–Crippen LogP) is 6.50. The zero-order valence-corrected chi connectivity index (χ0v) is 17.5. The fourth-order valence-electron chi connectivity index (χ4n) is 4.81. The van der Waals surface area contributed by atoms with Crippen LogP contribution in [0.1, 0.15) is 37.5 Å². The first-order valence-corrected chi connectivity index (χ1v) is 9.94. The Morgan fingerprint density at radius 1 is 0.929 bits per heavy atom. The molecule has 0 saturated carbocycles. The molecule has 5 rings (SSSR count). The highest BCUT2D eigenvalue weighted by Gasteiger charge is 2.35. The highest BCUT2D eigenvalue weighted by atomic mass is 16.5. The number of hydrogen-bond acceptors (Lipinski definition) is 1. The molecule has 3 aromatic carbocycles. The summed E-state index contributed by atoms with van der Waals surface area (Å²) < 4.78 is 8.97. The summed E-state index contributed by atoms with van der Waals surface area (Å²) in [5.41, 5.74) is 6.24. The van der Waals surface area contributed by atoms with Crippen LogP contribution >= 0.6 is 0 Å². The van der Waals surface area contributed by atoms with Crippen LogP contribution < -0.4 is 9.30 Å². The molecule has 0 atom stereocenters. The molecule has 0 spiro atoms. The van der Waals surface area contributed by atoms with Crippen molar-refractivity contribution in [1.82, 2.24) is 0 Å². The molecular formula is C26H26NO+. The lowest BCUT2D eigenvalue weighted by Crippen LogP contribution is -2.32. The van der Waals surface area contributed by atoms with E-state index in [1.807, 2.05) is 0 Å². The monoisotopic (exact) mass is 368 g/mol. The predicted molar refractivity (Wildman–Crippen MR) is 116 cm³/mol. The van der Waals surface area contributed by atoms with Gasteiger partial charge in [0.05, 0.1) is 10.9 Å². The van der Waals surface area contributed by atoms with Crippen molar-refractivity contribution >= 4 is 21.5 Å². The average molecular weight is 369 g/mol. The molecule has 0 unspecified atom stereocenters. The molecule has 0 saturated heterocycles. The van der Waals surface area contributed by atoms with Crippen molar-refractivity contribution < 1.29 is 9.30 Å². The van der Waals surface area contributed by atoms with Gasteiger partial charge in [0, 0.05) is 11.6 Å². The Morgan fingerprint density at radius 3 is 2.36 bits per heavy atom. The smallest absolute Gasteiger partial charge is 0.228 e. The van der Waals surface area contributed by atoms with Gasteiger partial charge in [-0.05, 0) is 52.6 Å². The van der Waals surface area contributed by atoms with Gasteiger partial charge in [0.2, 0.25) is 5.69 Å². The van der Waals surface area contributed by atoms with Gasteiger partial charge in [-0.2, -0.15) is 0 Å². The first kappa shape index (κ1) is 17.2. The van der Waals surface area contributed by atoms with Crippen LogP contribution in [-0.4, -0.2) is 0 Å². The van der Waals surface area contributed by atoms with Crippen molar-refractivity contribution in [2.75, 3.05) is 0 Å². The van der Waals surface area contributed by atoms with Gasteiger partial charge in [0.15, 0.2) is 6.20 Å². The molecule has 2 heterocycles. The molecule has 0 N–H and O–H groups in total. The molecule has 0 bridgehead atoms. The summed E-state index contributed by atoms with van der Waals surface area (Å²) >= 11 is 0. The number of pyridine rings is 1. The fourth-order valence-corrected chi connectivity index (χ4v) is 4.81. The Labute approximate surface area is 166 Å². The molecule has 140 valence electrons. The minimum Gasteiger partial charge on any atom is -0.455 e. The van der Waals surface area contributed by atoms with E-state index in [1.54, 1.807) is 0 Å². The lowest BCUT2D eigenvalue weighted by Gasteiger charge is -2.30. The average Bonchev–Trinajstić information content (AvgIpc) is 2.62. The molecule has 0 radical (unpaired) electrons. The molecule has 2 nitrogen and oxygen atoms in total. The van der Waals surface area contributed by atoms with Crippen molar-refractivity contribution in [3.8, 4) is 22.8 Å². The number of rotatable bonds is 0. The van der Waals surface area contributed by atoms with Crippen LogP contribution in [0.2, 0.25) is 0 Å². The molecule has 1 aromatic heterocycles. The second kappa shape index (κ2) is 5.57. The lowest BCUT2D eigenvalue weighted by atomic mass is 9.78. The van der Waals surface area contributed by atoms with Crippen LogP contribution in [0.4, 0.5) is 0 Å². The van der Waals surface area contributed by atoms with Gasteiger partial charge in [0.1, 0.15) is 18.5 Å². The van der Waals surface area contributed by atoms with Crippen LogP contribution in [0.15, 0.2) is 48.7 Å². The number of fused-ring (bicyclic) bond motifs is 3. The third-order valence-electron chi connectivity index (χ3n) is 5.97. The normalized spacial score (nSPS) is 12.9. The van der Waals surface area contributed by atoms with Gasteiger partial charge >= 0.3 is 0 Å². The van der Waals surface area contributed by atoms with Crippen LogP contribution in [0, 0.1) is 13.8 Å². The largest absolute Gasteiger partial charge is 0.455 e. The Balaban J connectivity index is 2.06. The van der Waals surface area contributed by atoms with E-state index in [2.05, 4.69) is 94.9 Å². The molecule has 0 amide bonds. The van der Waals surface area contributed by atoms with Gasteiger partial charge in [-0.25, -0.2) is 4.57 Å². The van der Waals surface area contributed by atoms with E-state index in [9.17, 15) is 0 Å². The van der Waals surface area contributed by atoms with Gasteiger partial charge < -0.3 is 4.74 Å². The molecular weight excluding hydrogens is 342 g/mol. The fraction of sp³-hybridized carbons (Fsp3) is 0.269. The third-order valence-corrected chi connectivity index (χ3v) is 5.97. The molecule has 28 heavy (non-hydrogen) atoms. The van der Waals surface area contributed by atoms with Crippen LogP contribution in [0.25, 0.3) is 32.8 Å². The molecule has 2 heteroatoms. The van der Waals surface area contributed by atoms with Gasteiger partial charge in [0.25, 0.3) is 0 Å². The number of hydrogen-bond donors (Lipinski definition) is 0. The van der Waals surface area contributed by atoms with Gasteiger partial charge in [-0.3, -0.25) is 0 Å². The maximum atomic E-state index is 6.72. The Bertz CT molecular complexity index is 1290. The number of nitrogens with zero attached hydrogens (tertiary/aromatic N) is 1. The molecule has 1 aliphatic rings. The van der Waals surface area contributed by atoms with E-state index in [4.69, 9.17) is 4.74 Å². The topological polar surface area (TPSA) is 13.1 Å². The number of aryl methyl sites for hydroxylation is 3. The van der Waals surface area contributed by atoms with Gasteiger partial charge in [-0.1, -0.05) is 51.1 Å². The van der Waals surface area contributed by atoms with Crippen molar-refractivity contribution in [1.29, 1.82) is 0 Å². The number of aromatic nitrogens is 1. The minimum atomic E-state index is -0.0365. The summed E-state index contributed by atoms with van der Waals surface area (Å²) in [5.74, 6) is 1.98. The summed E-state index contributed by atoms with van der Waals surface area (Å²) in [4.78, 5) is 0. The van der Waals surface area contributed by atoms with E-state index < -0.39 is 0 Å². The van der Waals surface area contributed by atoms with E-state index in [0.717, 1.165) is 11.5 Å². The summed E-state index contributed by atoms with van der Waals surface area (Å²) in [7, 11) is 2.14. The number of benzene rings is 3. The standard InChI is InChI=1S/C26H26NO/c1-15-13-17-11-12-27(6)24-21-16(2)18-9-7-8-10-19(18)23(26(3,4)5)25(21)28-20(14-15)22(17)24/h7-14H,1-6H3/q+1. The van der Waals surface area contributed by atoms with E-state index in [-0.39, 0.29) is 5.41 Å². The molecule has 0 aliphatic carbocycles. The second-order valence-electron chi connectivity index (χ2n) is 9.10. The Hall–Kier alpha value is -2.87. The quantitative estimate of drug-likeness (QED) is 0.284. The van der Waals surface area contributed by atoms with Crippen LogP contribution in [-0.2, 0) is 12.5 Å². The van der Waals surface area contributed by atoms with E-state index in [1.165, 1.54) is 49.5 Å². The highest BCUT2D eigenvalue weighted by Crippen LogP contribution is 2.53. The van der Waals surface area contributed by atoms with Crippen molar-refractivity contribution in [3.05, 3.63) is 65.4 Å². The SMILES string of the molecule is Cc1cc2c3c([n+](C)ccc3c1)-c1c(c(C(C)(C)C)c3ccccc3c1C)O2. The summed E-state index contributed by atoms with van der Waals surface area (Å²) in [6.45, 7) is 11.2. The lowest BCUT2D eigenvalue weighted by molar-refractivity contribution is -0.659. The summed E-state index contributed by atoms with van der Waals surface area (Å²) in [6.07, 6.45) is 2.17. The molecule has 1 aliphatic heterocycles. The number of ether oxygens (including phenoxy) is 1. The minimum absolute atomic E-state index is 0.0365. The van der Waals surface area contributed by atoms with Crippen molar-refractivity contribution in [3.63, 3.8) is 0 Å². The third kappa shape index (κ3) is 2.24. The van der Waals surface area contributed by atoms with Crippen LogP contribution in [0.5, 0.6) is 11.5 Å². The first-order valence-electron chi connectivity index (χ1n) is 9.94. The van der Waals surface area contributed by atoms with Crippen molar-refractivity contribution in [2.45, 2.75) is 40.0 Å². The Morgan fingerprint density at radius 2 is 1.64 bits per heavy atom. The maximum Gasteiger partial charge on any atom is 0.228 e. The summed E-state index contributed by atoms with van der Waals surface area (Å²) in [6, 6.07) is 15.3. The van der Waals surface area contributed by atoms with Crippen molar-refractivity contribution in [2.24, 2.45) is 7.05 Å². The second-order valence-corrected chi connectivity index (χ2v) is 9.10. The zero-order chi connectivity index (χ0) is 19.8. The Kier molecular flexibility index (Phi) is 3.43.